The fraction of sp³-hybridized carbons (Fsp3) is 0.0769. The van der Waals surface area contributed by atoms with Crippen LogP contribution in [0.25, 0.3) is 0 Å². The second kappa shape index (κ2) is 5.96. The van der Waals surface area contributed by atoms with Crippen molar-refractivity contribution < 1.29 is 27.5 Å². The lowest BCUT2D eigenvalue weighted by Gasteiger charge is -2.13. The standard InChI is InChI=1S/C13H8F3NO3S/c14-13(15,16)8-1-2-10(9(5-8)17-7-19)20-11-3-4-21-12(11)6-18/h1-7H,(H,17,19). The van der Waals surface area contributed by atoms with E-state index in [0.717, 1.165) is 29.5 Å². The summed E-state index contributed by atoms with van der Waals surface area (Å²) in [7, 11) is 0. The maximum absolute atomic E-state index is 12.6. The Morgan fingerprint density at radius 2 is 1.90 bits per heavy atom. The average molecular weight is 315 g/mol. The number of alkyl halides is 3. The van der Waals surface area contributed by atoms with Crippen molar-refractivity contribution in [1.82, 2.24) is 0 Å². The zero-order valence-corrected chi connectivity index (χ0v) is 11.1. The molecule has 1 aromatic heterocycles. The summed E-state index contributed by atoms with van der Waals surface area (Å²) in [6.45, 7) is 0. The van der Waals surface area contributed by atoms with Crippen LogP contribution in [-0.2, 0) is 11.0 Å². The van der Waals surface area contributed by atoms with E-state index in [1.807, 2.05) is 0 Å². The Bertz CT molecular complexity index is 667. The SMILES string of the molecule is O=CNc1cc(C(F)(F)F)ccc1Oc1ccsc1C=O. The van der Waals surface area contributed by atoms with Crippen molar-refractivity contribution >= 4 is 29.7 Å². The number of amides is 1. The van der Waals surface area contributed by atoms with Crippen molar-refractivity contribution in [2.24, 2.45) is 0 Å². The fourth-order valence-electron chi connectivity index (χ4n) is 1.57. The zero-order chi connectivity index (χ0) is 15.5. The van der Waals surface area contributed by atoms with Crippen molar-refractivity contribution in [3.05, 3.63) is 40.1 Å². The quantitative estimate of drug-likeness (QED) is 0.850. The summed E-state index contributed by atoms with van der Waals surface area (Å²) in [5.74, 6) is 0.223. The molecule has 1 heterocycles. The second-order valence-electron chi connectivity index (χ2n) is 3.84. The van der Waals surface area contributed by atoms with Gasteiger partial charge in [0.25, 0.3) is 0 Å². The van der Waals surface area contributed by atoms with Gasteiger partial charge in [0.2, 0.25) is 6.41 Å². The van der Waals surface area contributed by atoms with Gasteiger partial charge in [0, 0.05) is 0 Å². The van der Waals surface area contributed by atoms with Crippen LogP contribution in [0.2, 0.25) is 0 Å². The molecular formula is C13H8F3NO3S. The van der Waals surface area contributed by atoms with Crippen LogP contribution in [0.3, 0.4) is 0 Å². The molecule has 2 aromatic rings. The normalized spacial score (nSPS) is 11.0. The first-order valence-electron chi connectivity index (χ1n) is 5.57. The van der Waals surface area contributed by atoms with E-state index < -0.39 is 11.7 Å². The van der Waals surface area contributed by atoms with E-state index in [1.54, 1.807) is 5.38 Å². The second-order valence-corrected chi connectivity index (χ2v) is 4.79. The van der Waals surface area contributed by atoms with Gasteiger partial charge in [-0.2, -0.15) is 13.2 Å². The number of rotatable bonds is 5. The predicted octanol–water partition coefficient (Wildman–Crippen LogP) is 3.94. The molecular weight excluding hydrogens is 307 g/mol. The number of ether oxygens (including phenoxy) is 1. The number of benzene rings is 1. The van der Waals surface area contributed by atoms with E-state index >= 15 is 0 Å². The first-order valence-corrected chi connectivity index (χ1v) is 6.45. The van der Waals surface area contributed by atoms with Crippen molar-refractivity contribution in [3.63, 3.8) is 0 Å². The third kappa shape index (κ3) is 3.40. The van der Waals surface area contributed by atoms with Gasteiger partial charge in [0.1, 0.15) is 10.6 Å². The number of halogens is 3. The van der Waals surface area contributed by atoms with E-state index in [2.05, 4.69) is 5.32 Å². The Morgan fingerprint density at radius 3 is 2.52 bits per heavy atom. The van der Waals surface area contributed by atoms with Crippen molar-refractivity contribution in [2.45, 2.75) is 6.18 Å². The highest BCUT2D eigenvalue weighted by atomic mass is 32.1. The molecule has 0 spiro atoms. The Labute approximate surface area is 121 Å². The number of aldehydes is 1. The third-order valence-corrected chi connectivity index (χ3v) is 3.33. The van der Waals surface area contributed by atoms with Crippen molar-refractivity contribution in [3.8, 4) is 11.5 Å². The average Bonchev–Trinajstić information content (AvgIpc) is 2.87. The Hall–Kier alpha value is -2.35. The summed E-state index contributed by atoms with van der Waals surface area (Å²) in [4.78, 5) is 21.6. The summed E-state index contributed by atoms with van der Waals surface area (Å²) in [5, 5.41) is 3.76. The maximum Gasteiger partial charge on any atom is 0.416 e. The van der Waals surface area contributed by atoms with Crippen LogP contribution in [0.5, 0.6) is 11.5 Å². The Balaban J connectivity index is 2.39. The molecule has 0 aliphatic heterocycles. The number of carbonyl (C=O) groups excluding carboxylic acids is 2. The number of nitrogens with one attached hydrogen (secondary N) is 1. The van der Waals surface area contributed by atoms with Gasteiger partial charge >= 0.3 is 6.18 Å². The summed E-state index contributed by atoms with van der Waals surface area (Å²) in [6, 6.07) is 4.19. The molecule has 0 saturated heterocycles. The topological polar surface area (TPSA) is 55.4 Å². The number of anilines is 1. The molecule has 4 nitrogen and oxygen atoms in total. The van der Waals surface area contributed by atoms with Gasteiger partial charge in [-0.3, -0.25) is 9.59 Å². The molecule has 0 atom stereocenters. The van der Waals surface area contributed by atoms with Crippen molar-refractivity contribution in [1.29, 1.82) is 0 Å². The molecule has 0 fully saturated rings. The number of thiophene rings is 1. The fourth-order valence-corrected chi connectivity index (χ4v) is 2.19. The van der Waals surface area contributed by atoms with E-state index in [1.165, 1.54) is 6.07 Å². The minimum Gasteiger partial charge on any atom is -0.454 e. The number of hydrogen-bond donors (Lipinski definition) is 1. The molecule has 1 aromatic carbocycles. The van der Waals surface area contributed by atoms with Gasteiger partial charge in [0.05, 0.1) is 11.3 Å². The minimum absolute atomic E-state index is 0.0107. The summed E-state index contributed by atoms with van der Waals surface area (Å²) in [6.07, 6.45) is -3.71. The number of hydrogen-bond acceptors (Lipinski definition) is 4. The molecule has 0 saturated carbocycles. The Kier molecular flexibility index (Phi) is 4.27. The largest absolute Gasteiger partial charge is 0.454 e. The van der Waals surface area contributed by atoms with Crippen LogP contribution in [-0.4, -0.2) is 12.7 Å². The highest BCUT2D eigenvalue weighted by Gasteiger charge is 2.31. The third-order valence-electron chi connectivity index (χ3n) is 2.51. The molecule has 0 unspecified atom stereocenters. The first kappa shape index (κ1) is 15.0. The smallest absolute Gasteiger partial charge is 0.416 e. The van der Waals surface area contributed by atoms with Gasteiger partial charge in [0.15, 0.2) is 12.0 Å². The molecule has 2 rings (SSSR count). The molecule has 1 amide bonds. The molecule has 0 aliphatic carbocycles. The van der Waals surface area contributed by atoms with Gasteiger partial charge < -0.3 is 10.1 Å². The van der Waals surface area contributed by atoms with Crippen LogP contribution < -0.4 is 10.1 Å². The van der Waals surface area contributed by atoms with Crippen LogP contribution >= 0.6 is 11.3 Å². The van der Waals surface area contributed by atoms with Crippen molar-refractivity contribution in [2.75, 3.05) is 5.32 Å². The minimum atomic E-state index is -4.53. The van der Waals surface area contributed by atoms with Gasteiger partial charge in [-0.15, -0.1) is 11.3 Å². The highest BCUT2D eigenvalue weighted by Crippen LogP contribution is 2.37. The van der Waals surface area contributed by atoms with E-state index in [4.69, 9.17) is 4.74 Å². The monoisotopic (exact) mass is 315 g/mol. The first-order chi connectivity index (χ1) is 9.95. The van der Waals surface area contributed by atoms with Crippen LogP contribution in [0.15, 0.2) is 29.6 Å². The molecule has 8 heteroatoms. The van der Waals surface area contributed by atoms with E-state index in [-0.39, 0.29) is 23.6 Å². The lowest BCUT2D eigenvalue weighted by Crippen LogP contribution is -2.06. The number of carbonyl (C=O) groups is 2. The molecule has 0 radical (unpaired) electrons. The summed E-state index contributed by atoms with van der Waals surface area (Å²) in [5.41, 5.74) is -1.05. The summed E-state index contributed by atoms with van der Waals surface area (Å²) < 4.78 is 43.3. The molecule has 0 bridgehead atoms. The molecule has 110 valence electrons. The van der Waals surface area contributed by atoms with E-state index in [0.29, 0.717) is 11.2 Å². The molecule has 21 heavy (non-hydrogen) atoms. The highest BCUT2D eigenvalue weighted by molar-refractivity contribution is 7.12. The predicted molar refractivity (Wildman–Crippen MR) is 70.9 cm³/mol. The van der Waals surface area contributed by atoms with Crippen LogP contribution in [0.4, 0.5) is 18.9 Å². The van der Waals surface area contributed by atoms with Crippen LogP contribution in [0, 0.1) is 0 Å². The van der Waals surface area contributed by atoms with E-state index in [9.17, 15) is 22.8 Å². The zero-order valence-electron chi connectivity index (χ0n) is 10.3. The lowest BCUT2D eigenvalue weighted by atomic mass is 10.2. The van der Waals surface area contributed by atoms with Gasteiger partial charge in [-0.25, -0.2) is 0 Å². The summed E-state index contributed by atoms with van der Waals surface area (Å²) >= 11 is 1.13. The van der Waals surface area contributed by atoms with Gasteiger partial charge in [-0.1, -0.05) is 0 Å². The molecule has 0 aliphatic rings. The Morgan fingerprint density at radius 1 is 1.14 bits per heavy atom. The maximum atomic E-state index is 12.6. The molecule has 1 N–H and O–H groups in total. The van der Waals surface area contributed by atoms with Gasteiger partial charge in [-0.05, 0) is 29.6 Å². The van der Waals surface area contributed by atoms with Crippen LogP contribution in [0.1, 0.15) is 15.2 Å². The lowest BCUT2D eigenvalue weighted by molar-refractivity contribution is -0.137.